The second kappa shape index (κ2) is 5.82. The van der Waals surface area contributed by atoms with E-state index in [0.29, 0.717) is 6.42 Å². The Morgan fingerprint density at radius 2 is 2.40 bits per heavy atom. The monoisotopic (exact) mass is 226 g/mol. The first-order valence-electron chi connectivity index (χ1n) is 5.08. The molecule has 5 heteroatoms. The molecule has 1 heterocycles. The highest BCUT2D eigenvalue weighted by Crippen LogP contribution is 2.10. The summed E-state index contributed by atoms with van der Waals surface area (Å²) in [5, 5.41) is 10.4. The number of hydrogen-bond donors (Lipinski definition) is 2. The molecule has 0 saturated heterocycles. The van der Waals surface area contributed by atoms with Crippen LogP contribution in [0.5, 0.6) is 0 Å². The number of rotatable bonds is 6. The molecular weight excluding hydrogens is 208 g/mol. The molecule has 0 radical (unpaired) electrons. The predicted molar refractivity (Wildman–Crippen MR) is 64.3 cm³/mol. The minimum Gasteiger partial charge on any atom is -0.388 e. The Balaban J connectivity index is 2.42. The van der Waals surface area contributed by atoms with Gasteiger partial charge < -0.3 is 5.73 Å². The topological polar surface area (TPSA) is 66.0 Å². The molecule has 0 amide bonds. The Bertz CT molecular complexity index is 321. The lowest BCUT2D eigenvalue weighted by atomic mass is 10.3. The first-order chi connectivity index (χ1) is 7.11. The van der Waals surface area contributed by atoms with E-state index in [4.69, 9.17) is 11.1 Å². The molecule has 0 unspecified atom stereocenters. The number of amidine groups is 1. The second-order valence-electron chi connectivity index (χ2n) is 3.50. The van der Waals surface area contributed by atoms with Gasteiger partial charge in [-0.25, -0.2) is 4.98 Å². The van der Waals surface area contributed by atoms with Gasteiger partial charge in [-0.2, -0.15) is 0 Å². The molecule has 0 saturated carbocycles. The fraction of sp³-hybridized carbons (Fsp3) is 0.600. The van der Waals surface area contributed by atoms with Gasteiger partial charge in [0, 0.05) is 24.9 Å². The van der Waals surface area contributed by atoms with Crippen LogP contribution in [0.4, 0.5) is 0 Å². The van der Waals surface area contributed by atoms with Gasteiger partial charge in [-0.15, -0.1) is 11.3 Å². The molecule has 0 aromatic carbocycles. The molecule has 3 N–H and O–H groups in total. The molecule has 1 aromatic rings. The van der Waals surface area contributed by atoms with Crippen LogP contribution in [0.1, 0.15) is 24.0 Å². The molecule has 15 heavy (non-hydrogen) atoms. The van der Waals surface area contributed by atoms with Gasteiger partial charge in [-0.3, -0.25) is 10.3 Å². The van der Waals surface area contributed by atoms with Crippen molar-refractivity contribution in [2.24, 2.45) is 5.73 Å². The minimum atomic E-state index is 0.253. The molecule has 1 rings (SSSR count). The van der Waals surface area contributed by atoms with E-state index in [1.165, 1.54) is 0 Å². The SMILES string of the molecule is CCN(CCC(=N)N)Cc1csc(C)n1. The summed E-state index contributed by atoms with van der Waals surface area (Å²) >= 11 is 1.68. The molecule has 0 aliphatic carbocycles. The van der Waals surface area contributed by atoms with Gasteiger partial charge >= 0.3 is 0 Å². The molecule has 0 aliphatic rings. The molecule has 0 spiro atoms. The maximum absolute atomic E-state index is 7.18. The Labute approximate surface area is 94.6 Å². The van der Waals surface area contributed by atoms with Crippen LogP contribution in [0.25, 0.3) is 0 Å². The van der Waals surface area contributed by atoms with Gasteiger partial charge in [0.1, 0.15) is 0 Å². The van der Waals surface area contributed by atoms with Crippen molar-refractivity contribution in [3.63, 3.8) is 0 Å². The third kappa shape index (κ3) is 4.40. The molecule has 0 bridgehead atoms. The van der Waals surface area contributed by atoms with Crippen LogP contribution in [0.15, 0.2) is 5.38 Å². The lowest BCUT2D eigenvalue weighted by Crippen LogP contribution is -2.27. The van der Waals surface area contributed by atoms with Crippen molar-refractivity contribution < 1.29 is 0 Å². The zero-order valence-corrected chi connectivity index (χ0v) is 10.1. The number of aromatic nitrogens is 1. The van der Waals surface area contributed by atoms with Crippen LogP contribution in [0, 0.1) is 12.3 Å². The zero-order chi connectivity index (χ0) is 11.3. The van der Waals surface area contributed by atoms with E-state index >= 15 is 0 Å². The first-order valence-corrected chi connectivity index (χ1v) is 5.96. The van der Waals surface area contributed by atoms with Crippen molar-refractivity contribution in [1.82, 2.24) is 9.88 Å². The standard InChI is InChI=1S/C10H18N4S/c1-3-14(5-4-10(11)12)6-9-7-15-8(2)13-9/h7H,3-6H2,1-2H3,(H3,11,12). The summed E-state index contributed by atoms with van der Waals surface area (Å²) in [5.41, 5.74) is 6.45. The fourth-order valence-electron chi connectivity index (χ4n) is 1.34. The maximum Gasteiger partial charge on any atom is 0.0918 e. The van der Waals surface area contributed by atoms with E-state index in [1.54, 1.807) is 11.3 Å². The molecule has 84 valence electrons. The van der Waals surface area contributed by atoms with Crippen LogP contribution in [0.2, 0.25) is 0 Å². The molecule has 0 aliphatic heterocycles. The van der Waals surface area contributed by atoms with E-state index in [-0.39, 0.29) is 5.84 Å². The summed E-state index contributed by atoms with van der Waals surface area (Å²) in [5.74, 6) is 0.253. The second-order valence-corrected chi connectivity index (χ2v) is 4.56. The van der Waals surface area contributed by atoms with Gasteiger partial charge in [0.05, 0.1) is 16.5 Å². The quantitative estimate of drug-likeness (QED) is 0.572. The van der Waals surface area contributed by atoms with Gasteiger partial charge in [0.2, 0.25) is 0 Å². The Morgan fingerprint density at radius 3 is 2.87 bits per heavy atom. The third-order valence-electron chi connectivity index (χ3n) is 2.20. The molecular formula is C10H18N4S. The molecule has 0 atom stereocenters. The average molecular weight is 226 g/mol. The van der Waals surface area contributed by atoms with E-state index < -0.39 is 0 Å². The van der Waals surface area contributed by atoms with E-state index in [9.17, 15) is 0 Å². The number of nitrogens with one attached hydrogen (secondary N) is 1. The molecule has 0 fully saturated rings. The largest absolute Gasteiger partial charge is 0.388 e. The zero-order valence-electron chi connectivity index (χ0n) is 9.29. The van der Waals surface area contributed by atoms with Crippen molar-refractivity contribution in [2.45, 2.75) is 26.8 Å². The molecule has 4 nitrogen and oxygen atoms in total. The van der Waals surface area contributed by atoms with Gasteiger partial charge in [-0.1, -0.05) is 6.92 Å². The highest BCUT2D eigenvalue weighted by atomic mass is 32.1. The highest BCUT2D eigenvalue weighted by Gasteiger charge is 2.06. The van der Waals surface area contributed by atoms with Crippen molar-refractivity contribution >= 4 is 17.2 Å². The van der Waals surface area contributed by atoms with Crippen LogP contribution < -0.4 is 5.73 Å². The van der Waals surface area contributed by atoms with Crippen molar-refractivity contribution in [1.29, 1.82) is 5.41 Å². The van der Waals surface area contributed by atoms with Crippen LogP contribution in [0.3, 0.4) is 0 Å². The summed E-state index contributed by atoms with van der Waals surface area (Å²) in [4.78, 5) is 6.66. The Morgan fingerprint density at radius 1 is 1.67 bits per heavy atom. The first kappa shape index (κ1) is 12.1. The van der Waals surface area contributed by atoms with Gasteiger partial charge in [-0.05, 0) is 13.5 Å². The third-order valence-corrected chi connectivity index (χ3v) is 3.02. The normalized spacial score (nSPS) is 10.9. The minimum absolute atomic E-state index is 0.253. The number of nitrogens with zero attached hydrogens (tertiary/aromatic N) is 2. The van der Waals surface area contributed by atoms with Crippen molar-refractivity contribution in [2.75, 3.05) is 13.1 Å². The fourth-order valence-corrected chi connectivity index (χ4v) is 1.94. The van der Waals surface area contributed by atoms with Crippen molar-refractivity contribution in [3.05, 3.63) is 16.1 Å². The number of aryl methyl sites for hydroxylation is 1. The summed E-state index contributed by atoms with van der Waals surface area (Å²) in [6.45, 7) is 6.78. The lowest BCUT2D eigenvalue weighted by molar-refractivity contribution is 0.285. The Hall–Kier alpha value is -0.940. The highest BCUT2D eigenvalue weighted by molar-refractivity contribution is 7.09. The smallest absolute Gasteiger partial charge is 0.0918 e. The van der Waals surface area contributed by atoms with Gasteiger partial charge in [0.15, 0.2) is 0 Å². The van der Waals surface area contributed by atoms with E-state index in [0.717, 1.165) is 30.3 Å². The number of nitrogens with two attached hydrogens (primary N) is 1. The van der Waals surface area contributed by atoms with Gasteiger partial charge in [0.25, 0.3) is 0 Å². The van der Waals surface area contributed by atoms with Crippen LogP contribution in [-0.2, 0) is 6.54 Å². The van der Waals surface area contributed by atoms with E-state index in [1.807, 2.05) is 6.92 Å². The number of hydrogen-bond acceptors (Lipinski definition) is 4. The van der Waals surface area contributed by atoms with Crippen LogP contribution >= 0.6 is 11.3 Å². The van der Waals surface area contributed by atoms with Crippen molar-refractivity contribution in [3.8, 4) is 0 Å². The summed E-state index contributed by atoms with van der Waals surface area (Å²) in [7, 11) is 0. The maximum atomic E-state index is 7.18. The molecule has 1 aromatic heterocycles. The summed E-state index contributed by atoms with van der Waals surface area (Å²) in [6, 6.07) is 0. The summed E-state index contributed by atoms with van der Waals surface area (Å²) in [6.07, 6.45) is 0.636. The Kier molecular flexibility index (Phi) is 4.71. The van der Waals surface area contributed by atoms with E-state index in [2.05, 4.69) is 22.2 Å². The average Bonchev–Trinajstić information content (AvgIpc) is 2.58. The van der Waals surface area contributed by atoms with Crippen LogP contribution in [-0.4, -0.2) is 28.8 Å². The summed E-state index contributed by atoms with van der Waals surface area (Å²) < 4.78 is 0. The lowest BCUT2D eigenvalue weighted by Gasteiger charge is -2.18. The number of thiazole rings is 1. The predicted octanol–water partition coefficient (Wildman–Crippen LogP) is 1.60.